The van der Waals surface area contributed by atoms with Crippen molar-refractivity contribution in [2.45, 2.75) is 20.5 Å². The van der Waals surface area contributed by atoms with Crippen LogP contribution in [0.2, 0.25) is 0 Å². The van der Waals surface area contributed by atoms with Gasteiger partial charge in [0.2, 0.25) is 0 Å². The van der Waals surface area contributed by atoms with E-state index in [4.69, 9.17) is 9.72 Å². The summed E-state index contributed by atoms with van der Waals surface area (Å²) in [6.45, 7) is 4.77. The second-order valence-corrected chi connectivity index (χ2v) is 5.31. The lowest BCUT2D eigenvalue weighted by molar-refractivity contribution is 0.299. The number of aryl methyl sites for hydroxylation is 3. The van der Waals surface area contributed by atoms with Crippen molar-refractivity contribution in [1.29, 1.82) is 0 Å². The Bertz CT molecular complexity index is 854. The molecule has 1 aliphatic heterocycles. The monoisotopic (exact) mass is 301 g/mol. The van der Waals surface area contributed by atoms with Crippen molar-refractivity contribution in [1.82, 2.24) is 14.8 Å². The van der Waals surface area contributed by atoms with Gasteiger partial charge in [0.05, 0.1) is 11.9 Å². The number of ether oxygens (including phenoxy) is 1. The molecule has 0 atom stereocenters. The lowest BCUT2D eigenvalue weighted by Gasteiger charge is -2.23. The van der Waals surface area contributed by atoms with Crippen LogP contribution in [0.3, 0.4) is 0 Å². The van der Waals surface area contributed by atoms with E-state index in [0.717, 1.165) is 33.6 Å². The number of halogens is 1. The molecule has 0 bridgehead atoms. The molecule has 0 unspecified atom stereocenters. The fraction of sp³-hybridized carbons (Fsp3) is 0.250. The summed E-state index contributed by atoms with van der Waals surface area (Å²) >= 11 is 0. The van der Waals surface area contributed by atoms with Crippen molar-refractivity contribution in [2.24, 2.45) is 7.05 Å². The predicted octanol–water partition coefficient (Wildman–Crippen LogP) is 3.57. The summed E-state index contributed by atoms with van der Waals surface area (Å²) < 4.78 is 7.78. The molecule has 2 aromatic heterocycles. The van der Waals surface area contributed by atoms with Crippen LogP contribution in [-0.2, 0) is 13.7 Å². The summed E-state index contributed by atoms with van der Waals surface area (Å²) in [5.74, 6) is 0.952. The Hall–Kier alpha value is -2.07. The van der Waals surface area contributed by atoms with Crippen LogP contribution in [0.5, 0.6) is 5.75 Å². The van der Waals surface area contributed by atoms with Crippen molar-refractivity contribution in [3.63, 3.8) is 0 Å². The summed E-state index contributed by atoms with van der Waals surface area (Å²) in [4.78, 5) is 4.84. The van der Waals surface area contributed by atoms with Gasteiger partial charge in [0.15, 0.2) is 5.65 Å². The Kier molecular flexibility index (Phi) is 3.14. The lowest BCUT2D eigenvalue weighted by Crippen LogP contribution is -2.11. The van der Waals surface area contributed by atoms with Gasteiger partial charge < -0.3 is 4.74 Å². The number of nitrogens with zero attached hydrogens (tertiary/aromatic N) is 3. The van der Waals surface area contributed by atoms with Crippen LogP contribution < -0.4 is 4.74 Å². The van der Waals surface area contributed by atoms with E-state index in [2.05, 4.69) is 37.1 Å². The lowest BCUT2D eigenvalue weighted by atomic mass is 9.96. The highest BCUT2D eigenvalue weighted by molar-refractivity contribution is 5.86. The second-order valence-electron chi connectivity index (χ2n) is 5.31. The van der Waals surface area contributed by atoms with Crippen LogP contribution in [0.15, 0.2) is 24.4 Å². The first-order valence-electron chi connectivity index (χ1n) is 6.71. The first-order chi connectivity index (χ1) is 9.66. The molecule has 3 aromatic rings. The number of benzene rings is 1. The zero-order valence-corrected chi connectivity index (χ0v) is 13.0. The number of fused-ring (bicyclic) bond motifs is 4. The van der Waals surface area contributed by atoms with Gasteiger partial charge in [-0.1, -0.05) is 12.1 Å². The number of rotatable bonds is 0. The standard InChI is InChI=1S/C16H15N3O.ClH/c1-9-5-4-6-11-14-13(8-20-15(9)11)10(2)12-7-17-19(3)16(12)18-14;/h4-7H,8H2,1-3H3;1H. The van der Waals surface area contributed by atoms with Gasteiger partial charge in [-0.3, -0.25) is 4.68 Å². The quantitative estimate of drug-likeness (QED) is 0.637. The number of para-hydroxylation sites is 1. The highest BCUT2D eigenvalue weighted by Gasteiger charge is 2.23. The Morgan fingerprint density at radius 1 is 1.24 bits per heavy atom. The summed E-state index contributed by atoms with van der Waals surface area (Å²) in [6, 6.07) is 6.20. The summed E-state index contributed by atoms with van der Waals surface area (Å²) in [6.07, 6.45) is 1.88. The molecule has 0 saturated carbocycles. The average molecular weight is 302 g/mol. The van der Waals surface area contributed by atoms with E-state index >= 15 is 0 Å². The first-order valence-corrected chi connectivity index (χ1v) is 6.71. The van der Waals surface area contributed by atoms with Crippen molar-refractivity contribution >= 4 is 23.4 Å². The first kappa shape index (κ1) is 13.9. The minimum absolute atomic E-state index is 0. The van der Waals surface area contributed by atoms with Crippen LogP contribution in [0, 0.1) is 13.8 Å². The van der Waals surface area contributed by atoms with Gasteiger partial charge in [0, 0.05) is 23.6 Å². The van der Waals surface area contributed by atoms with Gasteiger partial charge in [-0.2, -0.15) is 5.10 Å². The zero-order chi connectivity index (χ0) is 13.9. The summed E-state index contributed by atoms with van der Waals surface area (Å²) in [5, 5.41) is 5.42. The Morgan fingerprint density at radius 2 is 2.05 bits per heavy atom. The van der Waals surface area contributed by atoms with Crippen LogP contribution in [0.1, 0.15) is 16.7 Å². The third-order valence-electron chi connectivity index (χ3n) is 4.10. The van der Waals surface area contributed by atoms with E-state index in [1.54, 1.807) is 0 Å². The maximum Gasteiger partial charge on any atom is 0.158 e. The summed E-state index contributed by atoms with van der Waals surface area (Å²) in [5.41, 5.74) is 6.57. The maximum atomic E-state index is 5.95. The molecular weight excluding hydrogens is 286 g/mol. The molecule has 0 aliphatic carbocycles. The molecule has 0 spiro atoms. The third kappa shape index (κ3) is 1.83. The molecule has 0 saturated heterocycles. The van der Waals surface area contributed by atoms with Crippen LogP contribution >= 0.6 is 12.4 Å². The van der Waals surface area contributed by atoms with Crippen molar-refractivity contribution in [3.05, 3.63) is 41.1 Å². The number of aromatic nitrogens is 3. The molecule has 21 heavy (non-hydrogen) atoms. The molecule has 3 heterocycles. The maximum absolute atomic E-state index is 5.95. The van der Waals surface area contributed by atoms with Gasteiger partial charge in [-0.05, 0) is 31.0 Å². The van der Waals surface area contributed by atoms with Gasteiger partial charge in [-0.15, -0.1) is 12.4 Å². The van der Waals surface area contributed by atoms with Gasteiger partial charge >= 0.3 is 0 Å². The largest absolute Gasteiger partial charge is 0.488 e. The molecule has 5 heteroatoms. The highest BCUT2D eigenvalue weighted by atomic mass is 35.5. The summed E-state index contributed by atoms with van der Waals surface area (Å²) in [7, 11) is 1.93. The highest BCUT2D eigenvalue weighted by Crippen LogP contribution is 2.40. The third-order valence-corrected chi connectivity index (χ3v) is 4.10. The molecular formula is C16H16ClN3O. The zero-order valence-electron chi connectivity index (χ0n) is 12.2. The molecule has 0 fully saturated rings. The Balaban J connectivity index is 0.00000132. The van der Waals surface area contributed by atoms with Crippen LogP contribution in [0.4, 0.5) is 0 Å². The Morgan fingerprint density at radius 3 is 2.86 bits per heavy atom. The molecule has 4 rings (SSSR count). The van der Waals surface area contributed by atoms with Gasteiger partial charge in [0.1, 0.15) is 12.4 Å². The topological polar surface area (TPSA) is 39.9 Å². The van der Waals surface area contributed by atoms with E-state index in [1.165, 1.54) is 11.1 Å². The average Bonchev–Trinajstić information content (AvgIpc) is 2.82. The van der Waals surface area contributed by atoms with E-state index in [1.807, 2.05) is 17.9 Å². The molecule has 0 N–H and O–H groups in total. The van der Waals surface area contributed by atoms with Gasteiger partial charge in [-0.25, -0.2) is 4.98 Å². The molecule has 4 nitrogen and oxygen atoms in total. The predicted molar refractivity (Wildman–Crippen MR) is 85.0 cm³/mol. The van der Waals surface area contributed by atoms with E-state index < -0.39 is 0 Å². The second kappa shape index (κ2) is 4.74. The fourth-order valence-electron chi connectivity index (χ4n) is 2.92. The minimum Gasteiger partial charge on any atom is -0.488 e. The molecule has 1 aromatic carbocycles. The smallest absolute Gasteiger partial charge is 0.158 e. The minimum atomic E-state index is 0. The molecule has 0 radical (unpaired) electrons. The van der Waals surface area contributed by atoms with Crippen molar-refractivity contribution < 1.29 is 4.74 Å². The SMILES string of the molecule is Cc1cccc2c1OCc1c-2nc2c(cnn2C)c1C.Cl. The van der Waals surface area contributed by atoms with Crippen molar-refractivity contribution in [3.8, 4) is 17.0 Å². The number of hydrogen-bond acceptors (Lipinski definition) is 3. The van der Waals surface area contributed by atoms with Gasteiger partial charge in [0.25, 0.3) is 0 Å². The number of pyridine rings is 1. The molecule has 0 amide bonds. The Labute approximate surface area is 129 Å². The van der Waals surface area contributed by atoms with E-state index in [0.29, 0.717) is 6.61 Å². The van der Waals surface area contributed by atoms with Crippen LogP contribution in [0.25, 0.3) is 22.3 Å². The molecule has 1 aliphatic rings. The van der Waals surface area contributed by atoms with E-state index in [-0.39, 0.29) is 12.4 Å². The fourth-order valence-corrected chi connectivity index (χ4v) is 2.92. The molecule has 108 valence electrons. The normalized spacial score (nSPS) is 12.3. The van der Waals surface area contributed by atoms with Crippen LogP contribution in [-0.4, -0.2) is 14.8 Å². The number of hydrogen-bond donors (Lipinski definition) is 0. The van der Waals surface area contributed by atoms with E-state index in [9.17, 15) is 0 Å². The van der Waals surface area contributed by atoms with Crippen molar-refractivity contribution in [2.75, 3.05) is 0 Å².